The monoisotopic (exact) mass is 781 g/mol. The second kappa shape index (κ2) is 17.3. The Bertz CT molecular complexity index is 1860. The van der Waals surface area contributed by atoms with E-state index in [2.05, 4.69) is 99.0 Å². The van der Waals surface area contributed by atoms with Gasteiger partial charge in [-0.3, -0.25) is 4.79 Å². The first-order chi connectivity index (χ1) is 25.1. The molecule has 0 spiro atoms. The highest BCUT2D eigenvalue weighted by molar-refractivity contribution is 9.10. The number of aliphatic hydroxyl groups is 1. The third kappa shape index (κ3) is 10.2. The molecular formula is C46H60BrN3O3. The molecule has 0 saturated heterocycles. The molecule has 6 nitrogen and oxygen atoms in total. The molecule has 4 atom stereocenters. The van der Waals surface area contributed by atoms with Crippen LogP contribution in [0.3, 0.4) is 0 Å². The van der Waals surface area contributed by atoms with Gasteiger partial charge in [0.2, 0.25) is 0 Å². The molecule has 1 aromatic heterocycles. The predicted molar refractivity (Wildman–Crippen MR) is 221 cm³/mol. The number of rotatable bonds is 14. The number of ether oxygens (including phenoxy) is 1. The van der Waals surface area contributed by atoms with Gasteiger partial charge in [-0.2, -0.15) is 0 Å². The summed E-state index contributed by atoms with van der Waals surface area (Å²) in [6, 6.07) is 15.8. The van der Waals surface area contributed by atoms with Gasteiger partial charge >= 0.3 is 0 Å². The Labute approximate surface area is 326 Å². The first kappa shape index (κ1) is 40.6. The van der Waals surface area contributed by atoms with Gasteiger partial charge in [0.15, 0.2) is 5.78 Å². The first-order valence-electron chi connectivity index (χ1n) is 19.4. The van der Waals surface area contributed by atoms with Crippen molar-refractivity contribution >= 4 is 27.8 Å². The van der Waals surface area contributed by atoms with Crippen molar-refractivity contribution in [2.75, 3.05) is 0 Å². The average molecular weight is 783 g/mol. The average Bonchev–Trinajstić information content (AvgIpc) is 3.57. The smallest absolute Gasteiger partial charge is 0.164 e. The maximum absolute atomic E-state index is 14.1. The molecular weight excluding hydrogens is 722 g/mol. The summed E-state index contributed by atoms with van der Waals surface area (Å²) < 4.78 is 8.75. The van der Waals surface area contributed by atoms with Crippen LogP contribution in [0.25, 0.3) is 11.8 Å². The molecule has 0 radical (unpaired) electrons. The molecule has 2 fully saturated rings. The maximum Gasteiger partial charge on any atom is 0.164 e. The molecule has 0 unspecified atom stereocenters. The number of benzene rings is 2. The fraction of sp³-hybridized carbons (Fsp3) is 0.500. The Morgan fingerprint density at radius 2 is 1.64 bits per heavy atom. The minimum absolute atomic E-state index is 0.0861. The highest BCUT2D eigenvalue weighted by Crippen LogP contribution is 2.63. The molecule has 0 amide bonds. The Morgan fingerprint density at radius 3 is 2.32 bits per heavy atom. The Kier molecular flexibility index (Phi) is 13.2. The van der Waals surface area contributed by atoms with Crippen molar-refractivity contribution in [1.29, 1.82) is 0 Å². The zero-order valence-corrected chi connectivity index (χ0v) is 34.8. The molecule has 2 saturated carbocycles. The number of aromatic nitrogens is 3. The summed E-state index contributed by atoms with van der Waals surface area (Å²) in [4.78, 5) is 14.1. The lowest BCUT2D eigenvalue weighted by atomic mass is 9.44. The van der Waals surface area contributed by atoms with Crippen molar-refractivity contribution in [2.24, 2.45) is 22.7 Å². The summed E-state index contributed by atoms with van der Waals surface area (Å²) in [5, 5.41) is 20.4. The third-order valence-corrected chi connectivity index (χ3v) is 12.4. The second-order valence-electron chi connectivity index (χ2n) is 16.9. The van der Waals surface area contributed by atoms with E-state index in [9.17, 15) is 9.90 Å². The standard InChI is InChI=1S/C46H60BrN3O3/c1-32(2)13-9-14-33(3)15-10-16-34(4)17-11-20-42-45(7)29-36(43(51)44(5,6)41(45)25-26-46(42,8)52)27-35-21-23-40(24-22-35)53-31-38-30-50(49-48-38)39-19-12-18-37(47)28-39/h12-13,15,17-19,21-24,27-28,30,41-42,52H,9-11,14,16,20,25-26,29,31H2,1-8H3/b33-15+,34-17+,36-27+/t41-,42+,45-,46+/m0/s1. The topological polar surface area (TPSA) is 77.2 Å². The number of allylic oxidation sites excluding steroid dienone is 7. The number of ketones is 1. The lowest BCUT2D eigenvalue weighted by molar-refractivity contribution is -0.169. The predicted octanol–water partition coefficient (Wildman–Crippen LogP) is 12.0. The summed E-state index contributed by atoms with van der Waals surface area (Å²) >= 11 is 3.50. The quantitative estimate of drug-likeness (QED) is 0.130. The molecule has 2 aliphatic carbocycles. The van der Waals surface area contributed by atoms with Crippen LogP contribution < -0.4 is 4.74 Å². The van der Waals surface area contributed by atoms with Gasteiger partial charge in [-0.25, -0.2) is 4.68 Å². The molecule has 53 heavy (non-hydrogen) atoms. The van der Waals surface area contributed by atoms with Crippen LogP contribution in [0.4, 0.5) is 0 Å². The number of nitrogens with zero attached hydrogens (tertiary/aromatic N) is 3. The normalized spacial score (nSPS) is 25.3. The highest BCUT2D eigenvalue weighted by atomic mass is 79.9. The maximum atomic E-state index is 14.1. The highest BCUT2D eigenvalue weighted by Gasteiger charge is 2.61. The third-order valence-electron chi connectivity index (χ3n) is 11.9. The lowest BCUT2D eigenvalue weighted by Gasteiger charge is -2.61. The Hall–Kier alpha value is -3.55. The van der Waals surface area contributed by atoms with Crippen molar-refractivity contribution in [3.05, 3.63) is 111 Å². The van der Waals surface area contributed by atoms with Gasteiger partial charge in [0.1, 0.15) is 18.1 Å². The molecule has 0 bridgehead atoms. The van der Waals surface area contributed by atoms with Crippen LogP contribution >= 0.6 is 15.9 Å². The second-order valence-corrected chi connectivity index (χ2v) is 17.8. The molecule has 7 heteroatoms. The molecule has 3 aromatic rings. The summed E-state index contributed by atoms with van der Waals surface area (Å²) in [5.41, 5.74) is 6.24. The zero-order valence-electron chi connectivity index (χ0n) is 33.2. The van der Waals surface area contributed by atoms with Gasteiger partial charge in [0.25, 0.3) is 0 Å². The SMILES string of the molecule is CC(C)=CCC/C(C)=C/CC/C(C)=C/CC[C@@H]1[C@@]2(C)C/C(=C\c3ccc(OCc4cn(-c5cccc(Br)c5)nn4)cc3)C(=O)C(C)(C)[C@@H]2CC[C@@]1(C)O. The van der Waals surface area contributed by atoms with Crippen molar-refractivity contribution in [1.82, 2.24) is 15.0 Å². The van der Waals surface area contributed by atoms with E-state index >= 15 is 0 Å². The zero-order chi connectivity index (χ0) is 38.4. The van der Waals surface area contributed by atoms with Crippen molar-refractivity contribution in [2.45, 2.75) is 125 Å². The van der Waals surface area contributed by atoms with E-state index in [0.29, 0.717) is 13.0 Å². The van der Waals surface area contributed by atoms with E-state index in [0.717, 1.165) is 84.1 Å². The molecule has 284 valence electrons. The van der Waals surface area contributed by atoms with E-state index in [-0.39, 0.29) is 23.0 Å². The van der Waals surface area contributed by atoms with Crippen molar-refractivity contribution in [3.63, 3.8) is 0 Å². The minimum Gasteiger partial charge on any atom is -0.487 e. The molecule has 0 aliphatic heterocycles. The number of carbonyl (C=O) groups excluding carboxylic acids is 1. The van der Waals surface area contributed by atoms with E-state index in [4.69, 9.17) is 4.74 Å². The Balaban J connectivity index is 1.24. The van der Waals surface area contributed by atoms with Gasteiger partial charge in [0, 0.05) is 9.89 Å². The van der Waals surface area contributed by atoms with Crippen molar-refractivity contribution < 1.29 is 14.6 Å². The summed E-state index contributed by atoms with van der Waals surface area (Å²) in [5.74, 6) is 1.26. The summed E-state index contributed by atoms with van der Waals surface area (Å²) in [7, 11) is 0. The van der Waals surface area contributed by atoms with E-state index in [1.54, 1.807) is 4.68 Å². The first-order valence-corrected chi connectivity index (χ1v) is 20.2. The van der Waals surface area contributed by atoms with E-state index in [1.807, 2.05) is 61.7 Å². The van der Waals surface area contributed by atoms with Crippen LogP contribution in [0.5, 0.6) is 5.75 Å². The molecule has 2 aliphatic rings. The lowest BCUT2D eigenvalue weighted by Crippen LogP contribution is -2.60. The fourth-order valence-corrected chi connectivity index (χ4v) is 9.50. The number of Topliss-reactive ketones (excluding diaryl/α,β-unsaturated/α-hetero) is 1. The largest absolute Gasteiger partial charge is 0.487 e. The van der Waals surface area contributed by atoms with Crippen LogP contribution in [0.2, 0.25) is 0 Å². The summed E-state index contributed by atoms with van der Waals surface area (Å²) in [6.45, 7) is 17.7. The van der Waals surface area contributed by atoms with Crippen LogP contribution in [-0.4, -0.2) is 31.5 Å². The molecule has 5 rings (SSSR count). The number of carbonyl (C=O) groups is 1. The Morgan fingerprint density at radius 1 is 0.962 bits per heavy atom. The molecule has 2 aromatic carbocycles. The fourth-order valence-electron chi connectivity index (χ4n) is 9.11. The minimum atomic E-state index is -0.776. The van der Waals surface area contributed by atoms with Gasteiger partial charge in [-0.05, 0) is 157 Å². The number of hydrogen-bond donors (Lipinski definition) is 1. The van der Waals surface area contributed by atoms with E-state index in [1.165, 1.54) is 16.7 Å². The van der Waals surface area contributed by atoms with Gasteiger partial charge in [-0.1, -0.05) is 95.1 Å². The van der Waals surface area contributed by atoms with Gasteiger partial charge in [0.05, 0.1) is 17.5 Å². The van der Waals surface area contributed by atoms with Crippen LogP contribution in [-0.2, 0) is 11.4 Å². The molecule has 1 heterocycles. The number of halogens is 1. The van der Waals surface area contributed by atoms with Gasteiger partial charge in [-0.15, -0.1) is 5.10 Å². The summed E-state index contributed by atoms with van der Waals surface area (Å²) in [6.07, 6.45) is 19.5. The van der Waals surface area contributed by atoms with E-state index < -0.39 is 11.0 Å². The van der Waals surface area contributed by atoms with Gasteiger partial charge < -0.3 is 9.84 Å². The van der Waals surface area contributed by atoms with Crippen LogP contribution in [0.15, 0.2) is 99.7 Å². The van der Waals surface area contributed by atoms with Crippen LogP contribution in [0, 0.1) is 22.7 Å². The number of fused-ring (bicyclic) bond motifs is 1. The van der Waals surface area contributed by atoms with Crippen molar-refractivity contribution in [3.8, 4) is 11.4 Å². The van der Waals surface area contributed by atoms with Crippen LogP contribution in [0.1, 0.15) is 124 Å². The molecule has 1 N–H and O–H groups in total. The number of hydrogen-bond acceptors (Lipinski definition) is 5.